The lowest BCUT2D eigenvalue weighted by Crippen LogP contribution is -1.95. The van der Waals surface area contributed by atoms with E-state index in [1.54, 1.807) is 36.4 Å². The zero-order valence-corrected chi connectivity index (χ0v) is 15.3. The minimum Gasteiger partial charge on any atom is -0.454 e. The number of allylic oxidation sites excluding steroid dienone is 1. The van der Waals surface area contributed by atoms with Crippen LogP contribution in [0.15, 0.2) is 60.1 Å². The fourth-order valence-electron chi connectivity index (χ4n) is 3.08. The van der Waals surface area contributed by atoms with Crippen LogP contribution in [0.3, 0.4) is 0 Å². The Morgan fingerprint density at radius 3 is 2.82 bits per heavy atom. The molecule has 0 saturated carbocycles. The lowest BCUT2D eigenvalue weighted by atomic mass is 10.1. The molecule has 138 valence electrons. The molecule has 0 radical (unpaired) electrons. The van der Waals surface area contributed by atoms with Crippen LogP contribution in [0.2, 0.25) is 0 Å². The van der Waals surface area contributed by atoms with Crippen LogP contribution in [0.1, 0.15) is 16.1 Å². The van der Waals surface area contributed by atoms with E-state index in [9.17, 15) is 9.18 Å². The van der Waals surface area contributed by atoms with Gasteiger partial charge in [0.15, 0.2) is 22.2 Å². The molecule has 0 unspecified atom stereocenters. The molecule has 1 aliphatic rings. The van der Waals surface area contributed by atoms with Gasteiger partial charge in [-0.3, -0.25) is 9.20 Å². The molecule has 0 fully saturated rings. The summed E-state index contributed by atoms with van der Waals surface area (Å²) in [7, 11) is 0. The van der Waals surface area contributed by atoms with Gasteiger partial charge in [-0.05, 0) is 54.6 Å². The van der Waals surface area contributed by atoms with Crippen molar-refractivity contribution in [3.05, 3.63) is 77.2 Å². The quantitative estimate of drug-likeness (QED) is 0.369. The van der Waals surface area contributed by atoms with E-state index >= 15 is 0 Å². The number of benzene rings is 2. The third-order valence-corrected chi connectivity index (χ3v) is 5.22. The molecule has 0 saturated heterocycles. The smallest absolute Gasteiger partial charge is 0.231 e. The van der Waals surface area contributed by atoms with Gasteiger partial charge in [-0.2, -0.15) is 0 Å². The first-order valence-electron chi connectivity index (χ1n) is 8.52. The summed E-state index contributed by atoms with van der Waals surface area (Å²) in [5.41, 5.74) is 2.75. The summed E-state index contributed by atoms with van der Waals surface area (Å²) in [5.74, 6) is 0.735. The Morgan fingerprint density at radius 1 is 1.14 bits per heavy atom. The highest BCUT2D eigenvalue weighted by molar-refractivity contribution is 7.15. The zero-order valence-electron chi connectivity index (χ0n) is 14.5. The van der Waals surface area contributed by atoms with Gasteiger partial charge in [-0.15, -0.1) is 11.3 Å². The van der Waals surface area contributed by atoms with Crippen LogP contribution in [0.25, 0.3) is 22.3 Å². The average Bonchev–Trinajstić information content (AvgIpc) is 3.42. The van der Waals surface area contributed by atoms with Gasteiger partial charge in [-0.1, -0.05) is 0 Å². The molecule has 0 N–H and O–H groups in total. The Hall–Kier alpha value is -3.45. The molecule has 28 heavy (non-hydrogen) atoms. The standard InChI is InChI=1S/C21H13FN2O3S/c22-15-4-1-13(2-5-15)20-16(24-9-10-28-21(24)23-20)6-7-17(25)14-3-8-18-19(11-14)27-12-26-18/h1-11H,12H2/b7-6+. The highest BCUT2D eigenvalue weighted by atomic mass is 32.1. The highest BCUT2D eigenvalue weighted by Gasteiger charge is 2.16. The molecule has 3 heterocycles. The van der Waals surface area contributed by atoms with Crippen LogP contribution >= 0.6 is 11.3 Å². The van der Waals surface area contributed by atoms with Crippen LogP contribution in [0.5, 0.6) is 11.5 Å². The Kier molecular flexibility index (Phi) is 3.95. The molecule has 2 aromatic carbocycles. The molecule has 7 heteroatoms. The zero-order chi connectivity index (χ0) is 19.1. The van der Waals surface area contributed by atoms with E-state index in [-0.39, 0.29) is 18.4 Å². The van der Waals surface area contributed by atoms with Gasteiger partial charge in [0.25, 0.3) is 0 Å². The minimum absolute atomic E-state index is 0.159. The summed E-state index contributed by atoms with van der Waals surface area (Å²) in [4.78, 5) is 18.1. The molecule has 0 atom stereocenters. The van der Waals surface area contributed by atoms with Crippen LogP contribution in [0.4, 0.5) is 4.39 Å². The lowest BCUT2D eigenvalue weighted by molar-refractivity contribution is 0.104. The summed E-state index contributed by atoms with van der Waals surface area (Å²) in [6.07, 6.45) is 5.13. The van der Waals surface area contributed by atoms with Crippen LogP contribution < -0.4 is 9.47 Å². The maximum Gasteiger partial charge on any atom is 0.231 e. The fourth-order valence-corrected chi connectivity index (χ4v) is 3.80. The van der Waals surface area contributed by atoms with Crippen LogP contribution in [-0.4, -0.2) is 22.0 Å². The number of ketones is 1. The number of hydrogen-bond acceptors (Lipinski definition) is 5. The van der Waals surface area contributed by atoms with Gasteiger partial charge < -0.3 is 9.47 Å². The topological polar surface area (TPSA) is 52.8 Å². The Balaban J connectivity index is 1.52. The summed E-state index contributed by atoms with van der Waals surface area (Å²) >= 11 is 1.49. The minimum atomic E-state index is -0.306. The first kappa shape index (κ1) is 16.7. The number of carbonyl (C=O) groups is 1. The number of rotatable bonds is 4. The Labute approximate surface area is 163 Å². The number of aromatic nitrogens is 2. The monoisotopic (exact) mass is 392 g/mol. The SMILES string of the molecule is O=C(/C=C/c1c(-c2ccc(F)cc2)nc2sccn12)c1ccc2c(c1)OCO2. The highest BCUT2D eigenvalue weighted by Crippen LogP contribution is 2.33. The van der Waals surface area contributed by atoms with E-state index in [0.717, 1.165) is 16.2 Å². The number of nitrogens with zero attached hydrogens (tertiary/aromatic N) is 2. The van der Waals surface area contributed by atoms with E-state index in [1.807, 2.05) is 16.0 Å². The van der Waals surface area contributed by atoms with Crippen molar-refractivity contribution in [1.82, 2.24) is 9.38 Å². The number of halogens is 1. The van der Waals surface area contributed by atoms with E-state index < -0.39 is 0 Å². The first-order chi connectivity index (χ1) is 13.7. The summed E-state index contributed by atoms with van der Waals surface area (Å²) < 4.78 is 25.8. The predicted octanol–water partition coefficient (Wildman–Crippen LogP) is 4.83. The van der Waals surface area contributed by atoms with Crippen molar-refractivity contribution in [2.45, 2.75) is 0 Å². The fraction of sp³-hybridized carbons (Fsp3) is 0.0476. The van der Waals surface area contributed by atoms with Crippen molar-refractivity contribution in [3.8, 4) is 22.8 Å². The molecule has 2 aromatic heterocycles. The molecular weight excluding hydrogens is 379 g/mol. The van der Waals surface area contributed by atoms with E-state index in [0.29, 0.717) is 22.8 Å². The molecule has 0 amide bonds. The van der Waals surface area contributed by atoms with Crippen molar-refractivity contribution in [2.75, 3.05) is 6.79 Å². The molecule has 4 aromatic rings. The lowest BCUT2D eigenvalue weighted by Gasteiger charge is -2.01. The second kappa shape index (κ2) is 6.61. The summed E-state index contributed by atoms with van der Waals surface area (Å²) in [6, 6.07) is 11.3. The normalized spacial score (nSPS) is 12.9. The van der Waals surface area contributed by atoms with Gasteiger partial charge in [0, 0.05) is 22.7 Å². The molecule has 0 spiro atoms. The second-order valence-corrected chi connectivity index (χ2v) is 7.05. The van der Waals surface area contributed by atoms with Crippen molar-refractivity contribution in [1.29, 1.82) is 0 Å². The van der Waals surface area contributed by atoms with Gasteiger partial charge in [0.2, 0.25) is 6.79 Å². The predicted molar refractivity (Wildman–Crippen MR) is 104 cm³/mol. The van der Waals surface area contributed by atoms with E-state index in [1.165, 1.54) is 29.5 Å². The molecule has 1 aliphatic heterocycles. The third kappa shape index (κ3) is 2.86. The van der Waals surface area contributed by atoms with Crippen molar-refractivity contribution in [2.24, 2.45) is 0 Å². The molecule has 5 nitrogen and oxygen atoms in total. The number of carbonyl (C=O) groups excluding carboxylic acids is 1. The summed E-state index contributed by atoms with van der Waals surface area (Å²) in [6.45, 7) is 0.163. The molecule has 0 aliphatic carbocycles. The molecule has 0 bridgehead atoms. The maximum atomic E-state index is 13.3. The summed E-state index contributed by atoms with van der Waals surface area (Å²) in [5, 5.41) is 1.92. The largest absolute Gasteiger partial charge is 0.454 e. The van der Waals surface area contributed by atoms with E-state index in [2.05, 4.69) is 4.98 Å². The maximum absolute atomic E-state index is 13.3. The molecule has 5 rings (SSSR count). The van der Waals surface area contributed by atoms with Gasteiger partial charge >= 0.3 is 0 Å². The number of thiazole rings is 1. The number of fused-ring (bicyclic) bond motifs is 2. The van der Waals surface area contributed by atoms with Crippen LogP contribution in [-0.2, 0) is 0 Å². The van der Waals surface area contributed by atoms with Crippen LogP contribution in [0, 0.1) is 5.82 Å². The second-order valence-electron chi connectivity index (χ2n) is 6.17. The number of hydrogen-bond donors (Lipinski definition) is 0. The van der Waals surface area contributed by atoms with Gasteiger partial charge in [0.05, 0.1) is 11.4 Å². The van der Waals surface area contributed by atoms with Crippen molar-refractivity contribution < 1.29 is 18.7 Å². The van der Waals surface area contributed by atoms with E-state index in [4.69, 9.17) is 9.47 Å². The van der Waals surface area contributed by atoms with Gasteiger partial charge in [-0.25, -0.2) is 9.37 Å². The number of ether oxygens (including phenoxy) is 2. The molecular formula is C21H13FN2O3S. The van der Waals surface area contributed by atoms with Gasteiger partial charge in [0.1, 0.15) is 5.82 Å². The average molecular weight is 392 g/mol. The van der Waals surface area contributed by atoms with Crippen molar-refractivity contribution in [3.63, 3.8) is 0 Å². The Morgan fingerprint density at radius 2 is 1.96 bits per heavy atom. The first-order valence-corrected chi connectivity index (χ1v) is 9.40. The number of imidazole rings is 1. The van der Waals surface area contributed by atoms with Crippen molar-refractivity contribution >= 4 is 28.2 Å². The third-order valence-electron chi connectivity index (χ3n) is 4.47. The Bertz CT molecular complexity index is 1220.